The van der Waals surface area contributed by atoms with Crippen LogP contribution in [-0.4, -0.2) is 24.1 Å². The van der Waals surface area contributed by atoms with E-state index in [9.17, 15) is 4.79 Å². The molecule has 0 fully saturated rings. The Labute approximate surface area is 117 Å². The Kier molecular flexibility index (Phi) is 4.54. The second-order valence-electron chi connectivity index (χ2n) is 3.61. The summed E-state index contributed by atoms with van der Waals surface area (Å²) in [6.45, 7) is 2.77. The summed E-state index contributed by atoms with van der Waals surface area (Å²) in [4.78, 5) is 15.6. The van der Waals surface area contributed by atoms with Gasteiger partial charge in [0.05, 0.1) is 23.2 Å². The number of benzene rings is 1. The molecule has 0 aliphatic rings. The zero-order valence-electron chi connectivity index (χ0n) is 9.90. The Balaban J connectivity index is 1.94. The average Bonchev–Trinajstić information content (AvgIpc) is 2.71. The van der Waals surface area contributed by atoms with Crippen molar-refractivity contribution in [2.75, 3.05) is 18.5 Å². The third-order valence-electron chi connectivity index (χ3n) is 2.26. The smallest absolute Gasteiger partial charge is 0.307 e. The molecule has 18 heavy (non-hydrogen) atoms. The molecule has 1 heterocycles. The topological polar surface area (TPSA) is 51.2 Å². The summed E-state index contributed by atoms with van der Waals surface area (Å²) >= 11 is 5.00. The third kappa shape index (κ3) is 3.43. The van der Waals surface area contributed by atoms with Crippen LogP contribution in [0.4, 0.5) is 5.13 Å². The van der Waals surface area contributed by atoms with Gasteiger partial charge in [0.1, 0.15) is 0 Å². The van der Waals surface area contributed by atoms with E-state index in [4.69, 9.17) is 4.74 Å². The number of carbonyl (C=O) groups excluding carboxylic acids is 1. The minimum atomic E-state index is -0.186. The fourth-order valence-electron chi connectivity index (χ4n) is 1.48. The van der Waals surface area contributed by atoms with E-state index >= 15 is 0 Å². The van der Waals surface area contributed by atoms with Crippen LogP contribution in [-0.2, 0) is 9.53 Å². The number of esters is 1. The van der Waals surface area contributed by atoms with Crippen molar-refractivity contribution in [3.63, 3.8) is 0 Å². The third-order valence-corrected chi connectivity index (χ3v) is 3.73. The lowest BCUT2D eigenvalue weighted by atomic mass is 10.3. The number of rotatable bonds is 5. The molecule has 0 aliphatic carbocycles. The van der Waals surface area contributed by atoms with E-state index < -0.39 is 0 Å². The molecule has 0 bridgehead atoms. The van der Waals surface area contributed by atoms with Gasteiger partial charge in [-0.3, -0.25) is 4.79 Å². The van der Waals surface area contributed by atoms with Crippen molar-refractivity contribution in [3.8, 4) is 0 Å². The molecule has 4 nitrogen and oxygen atoms in total. The molecule has 0 amide bonds. The summed E-state index contributed by atoms with van der Waals surface area (Å²) in [6.07, 6.45) is 0.355. The number of anilines is 1. The van der Waals surface area contributed by atoms with Gasteiger partial charge in [0.25, 0.3) is 0 Å². The van der Waals surface area contributed by atoms with Crippen molar-refractivity contribution in [1.82, 2.24) is 4.98 Å². The van der Waals surface area contributed by atoms with Crippen molar-refractivity contribution < 1.29 is 9.53 Å². The lowest BCUT2D eigenvalue weighted by Crippen LogP contribution is -2.11. The fourth-order valence-corrected chi connectivity index (χ4v) is 2.92. The number of halogens is 1. The number of aromatic nitrogens is 1. The molecule has 0 spiro atoms. The van der Waals surface area contributed by atoms with E-state index in [-0.39, 0.29) is 5.97 Å². The second kappa shape index (κ2) is 6.15. The highest BCUT2D eigenvalue weighted by atomic mass is 79.9. The van der Waals surface area contributed by atoms with Crippen LogP contribution in [0.15, 0.2) is 22.7 Å². The molecule has 1 N–H and O–H groups in total. The normalized spacial score (nSPS) is 10.6. The van der Waals surface area contributed by atoms with Crippen LogP contribution in [0, 0.1) is 0 Å². The van der Waals surface area contributed by atoms with E-state index in [1.807, 2.05) is 18.2 Å². The summed E-state index contributed by atoms with van der Waals surface area (Å²) in [7, 11) is 0. The van der Waals surface area contributed by atoms with Gasteiger partial charge in [0.2, 0.25) is 0 Å². The summed E-state index contributed by atoms with van der Waals surface area (Å²) in [5.41, 5.74) is 0.960. The van der Waals surface area contributed by atoms with Gasteiger partial charge in [-0.2, -0.15) is 0 Å². The number of ether oxygens (including phenoxy) is 1. The maximum atomic E-state index is 11.2. The predicted octanol–water partition coefficient (Wildman–Crippen LogP) is 3.42. The quantitative estimate of drug-likeness (QED) is 0.854. The molecule has 0 radical (unpaired) electrons. The van der Waals surface area contributed by atoms with E-state index in [0.717, 1.165) is 19.8 Å². The molecular formula is C12H13BrN2O2S. The molecule has 2 aromatic rings. The van der Waals surface area contributed by atoms with E-state index in [1.165, 1.54) is 0 Å². The Bertz CT molecular complexity index is 556. The van der Waals surface area contributed by atoms with Gasteiger partial charge < -0.3 is 10.1 Å². The van der Waals surface area contributed by atoms with E-state index in [1.54, 1.807) is 18.3 Å². The van der Waals surface area contributed by atoms with E-state index in [2.05, 4.69) is 26.2 Å². The zero-order chi connectivity index (χ0) is 13.0. The summed E-state index contributed by atoms with van der Waals surface area (Å²) in [5.74, 6) is -0.186. The lowest BCUT2D eigenvalue weighted by Gasteiger charge is -2.02. The summed E-state index contributed by atoms with van der Waals surface area (Å²) in [5, 5.41) is 3.96. The first kappa shape index (κ1) is 13.3. The van der Waals surface area contributed by atoms with Gasteiger partial charge in [-0.05, 0) is 25.1 Å². The van der Waals surface area contributed by atoms with Crippen LogP contribution in [0.1, 0.15) is 13.3 Å². The number of nitrogens with one attached hydrogen (secondary N) is 1. The number of carbonyl (C=O) groups is 1. The fraction of sp³-hybridized carbons (Fsp3) is 0.333. The molecule has 0 saturated heterocycles. The van der Waals surface area contributed by atoms with Gasteiger partial charge in [0.15, 0.2) is 5.13 Å². The molecule has 0 unspecified atom stereocenters. The largest absolute Gasteiger partial charge is 0.466 e. The molecule has 2 rings (SSSR count). The van der Waals surface area contributed by atoms with Gasteiger partial charge in [-0.15, -0.1) is 0 Å². The van der Waals surface area contributed by atoms with Crippen molar-refractivity contribution in [3.05, 3.63) is 22.7 Å². The number of hydrogen-bond acceptors (Lipinski definition) is 5. The number of nitrogens with zero attached hydrogens (tertiary/aromatic N) is 1. The molecular weight excluding hydrogens is 316 g/mol. The van der Waals surface area contributed by atoms with E-state index in [0.29, 0.717) is 19.6 Å². The first-order valence-corrected chi connectivity index (χ1v) is 7.25. The van der Waals surface area contributed by atoms with Crippen molar-refractivity contribution in [2.24, 2.45) is 0 Å². The summed E-state index contributed by atoms with van der Waals surface area (Å²) < 4.78 is 7.00. The molecule has 0 saturated carbocycles. The molecule has 6 heteroatoms. The Morgan fingerprint density at radius 1 is 1.56 bits per heavy atom. The zero-order valence-corrected chi connectivity index (χ0v) is 12.3. The summed E-state index contributed by atoms with van der Waals surface area (Å²) in [6, 6.07) is 5.96. The lowest BCUT2D eigenvalue weighted by molar-refractivity contribution is -0.142. The van der Waals surface area contributed by atoms with Crippen LogP contribution in [0.5, 0.6) is 0 Å². The first-order chi connectivity index (χ1) is 8.69. The molecule has 0 aliphatic heterocycles. The molecule has 1 aromatic heterocycles. The number of hydrogen-bond donors (Lipinski definition) is 1. The predicted molar refractivity (Wildman–Crippen MR) is 77.1 cm³/mol. The van der Waals surface area contributed by atoms with Crippen molar-refractivity contribution in [1.29, 1.82) is 0 Å². The molecule has 96 valence electrons. The maximum absolute atomic E-state index is 11.2. The highest BCUT2D eigenvalue weighted by Gasteiger charge is 2.05. The van der Waals surface area contributed by atoms with Gasteiger partial charge >= 0.3 is 5.97 Å². The Morgan fingerprint density at radius 3 is 3.17 bits per heavy atom. The molecule has 0 atom stereocenters. The monoisotopic (exact) mass is 328 g/mol. The Morgan fingerprint density at radius 2 is 2.39 bits per heavy atom. The van der Waals surface area contributed by atoms with Crippen molar-refractivity contribution >= 4 is 48.6 Å². The molecule has 1 aromatic carbocycles. The Hall–Kier alpha value is -1.14. The first-order valence-electron chi connectivity index (χ1n) is 5.64. The van der Waals surface area contributed by atoms with Crippen LogP contribution < -0.4 is 5.32 Å². The van der Waals surface area contributed by atoms with Crippen molar-refractivity contribution in [2.45, 2.75) is 13.3 Å². The van der Waals surface area contributed by atoms with Gasteiger partial charge in [-0.1, -0.05) is 27.3 Å². The minimum Gasteiger partial charge on any atom is -0.466 e. The van der Waals surface area contributed by atoms with Crippen LogP contribution in [0.2, 0.25) is 0 Å². The second-order valence-corrected chi connectivity index (χ2v) is 5.56. The highest BCUT2D eigenvalue weighted by Crippen LogP contribution is 2.28. The maximum Gasteiger partial charge on any atom is 0.307 e. The number of thiazole rings is 1. The van der Waals surface area contributed by atoms with Crippen LogP contribution in [0.25, 0.3) is 10.2 Å². The van der Waals surface area contributed by atoms with Gasteiger partial charge in [-0.25, -0.2) is 4.98 Å². The number of fused-ring (bicyclic) bond motifs is 1. The van der Waals surface area contributed by atoms with Gasteiger partial charge in [0, 0.05) is 11.0 Å². The highest BCUT2D eigenvalue weighted by molar-refractivity contribution is 9.10. The standard InChI is InChI=1S/C12H13BrN2O2S/c1-2-17-11(16)5-6-14-12-15-9-4-3-8(13)7-10(9)18-12/h3-4,7H,2,5-6H2,1H3,(H,14,15). The average molecular weight is 329 g/mol. The van der Waals surface area contributed by atoms with Crippen LogP contribution in [0.3, 0.4) is 0 Å². The minimum absolute atomic E-state index is 0.186. The van der Waals surface area contributed by atoms with Crippen LogP contribution >= 0.6 is 27.3 Å². The SMILES string of the molecule is CCOC(=O)CCNc1nc2ccc(Br)cc2s1.